The maximum absolute atomic E-state index is 10.3. The number of benzene rings is 2. The number of nitrogens with zero attached hydrogens (tertiary/aromatic N) is 2. The molecule has 0 aromatic heterocycles. The van der Waals surface area contributed by atoms with Crippen LogP contribution in [0, 0.1) is 17.2 Å². The molecule has 0 radical (unpaired) electrons. The molecule has 35 heavy (non-hydrogen) atoms. The van der Waals surface area contributed by atoms with E-state index in [-0.39, 0.29) is 5.92 Å². The minimum atomic E-state index is -0.664. The summed E-state index contributed by atoms with van der Waals surface area (Å²) in [5, 5.41) is 10.3. The van der Waals surface area contributed by atoms with E-state index >= 15 is 0 Å². The highest BCUT2D eigenvalue weighted by Gasteiger charge is 2.37. The summed E-state index contributed by atoms with van der Waals surface area (Å²) in [6.45, 7) is 6.62. The number of rotatable bonds is 15. The smallest absolute Gasteiger partial charge is 0.203 e. The first-order valence-corrected chi connectivity index (χ1v) is 12.0. The molecule has 2 aromatic carbocycles. The molecule has 0 aliphatic carbocycles. The molecule has 192 valence electrons. The molecule has 0 heterocycles. The first kappa shape index (κ1) is 28.1. The molecule has 1 unspecified atom stereocenters. The Kier molecular flexibility index (Phi) is 11.0. The molecule has 0 saturated heterocycles. The van der Waals surface area contributed by atoms with Crippen LogP contribution in [0.25, 0.3) is 0 Å². The SMILES string of the molecule is COc1cccc(OCCCN(C)CCCC(C#N)(c2cc(OC)c(OC)c(OC)c2)C(C)C)c1. The van der Waals surface area contributed by atoms with Gasteiger partial charge >= 0.3 is 0 Å². The molecule has 7 heteroatoms. The summed E-state index contributed by atoms with van der Waals surface area (Å²) < 4.78 is 27.6. The molecule has 0 fully saturated rings. The third kappa shape index (κ3) is 7.19. The second kappa shape index (κ2) is 13.7. The largest absolute Gasteiger partial charge is 0.497 e. The van der Waals surface area contributed by atoms with Crippen LogP contribution in [-0.4, -0.2) is 60.1 Å². The van der Waals surface area contributed by atoms with Crippen molar-refractivity contribution in [3.8, 4) is 34.8 Å². The molecule has 1 atom stereocenters. The van der Waals surface area contributed by atoms with Crippen LogP contribution in [0.5, 0.6) is 28.7 Å². The zero-order valence-corrected chi connectivity index (χ0v) is 22.2. The molecular weight excluding hydrogens is 444 g/mol. The van der Waals surface area contributed by atoms with Crippen molar-refractivity contribution >= 4 is 0 Å². The van der Waals surface area contributed by atoms with Gasteiger partial charge in [0.25, 0.3) is 0 Å². The number of methoxy groups -OCH3 is 4. The van der Waals surface area contributed by atoms with Crippen LogP contribution in [0.2, 0.25) is 0 Å². The summed E-state index contributed by atoms with van der Waals surface area (Å²) in [7, 11) is 8.52. The van der Waals surface area contributed by atoms with Crippen LogP contribution >= 0.6 is 0 Å². The van der Waals surface area contributed by atoms with Gasteiger partial charge in [0.1, 0.15) is 11.5 Å². The van der Waals surface area contributed by atoms with Gasteiger partial charge in [0.05, 0.1) is 46.5 Å². The lowest BCUT2D eigenvalue weighted by molar-refractivity contribution is 0.250. The Bertz CT molecular complexity index is 947. The van der Waals surface area contributed by atoms with Gasteiger partial charge in [-0.05, 0) is 68.6 Å². The summed E-state index contributed by atoms with van der Waals surface area (Å²) in [4.78, 5) is 2.28. The highest BCUT2D eigenvalue weighted by Crippen LogP contribution is 2.45. The first-order chi connectivity index (χ1) is 16.8. The van der Waals surface area contributed by atoms with Crippen LogP contribution in [0.4, 0.5) is 0 Å². The molecule has 0 aliphatic rings. The van der Waals surface area contributed by atoms with E-state index < -0.39 is 5.41 Å². The van der Waals surface area contributed by atoms with Gasteiger partial charge in [-0.3, -0.25) is 0 Å². The third-order valence-electron chi connectivity index (χ3n) is 6.47. The van der Waals surface area contributed by atoms with Crippen molar-refractivity contribution in [1.82, 2.24) is 4.90 Å². The Morgan fingerprint density at radius 1 is 0.886 bits per heavy atom. The predicted octanol–water partition coefficient (Wildman–Crippen LogP) is 5.32. The lowest BCUT2D eigenvalue weighted by Gasteiger charge is -2.33. The molecule has 0 saturated carbocycles. The van der Waals surface area contributed by atoms with E-state index in [2.05, 4.69) is 31.9 Å². The average Bonchev–Trinajstić information content (AvgIpc) is 2.88. The second-order valence-corrected chi connectivity index (χ2v) is 8.94. The number of nitriles is 1. The zero-order chi connectivity index (χ0) is 25.8. The molecule has 0 aliphatic heterocycles. The predicted molar refractivity (Wildman–Crippen MR) is 138 cm³/mol. The van der Waals surface area contributed by atoms with E-state index in [1.54, 1.807) is 28.4 Å². The highest BCUT2D eigenvalue weighted by atomic mass is 16.5. The van der Waals surface area contributed by atoms with E-state index in [9.17, 15) is 5.26 Å². The van der Waals surface area contributed by atoms with E-state index in [4.69, 9.17) is 23.7 Å². The quantitative estimate of drug-likeness (QED) is 0.317. The molecule has 0 spiro atoms. The fraction of sp³-hybridized carbons (Fsp3) is 0.536. The topological polar surface area (TPSA) is 73.2 Å². The zero-order valence-electron chi connectivity index (χ0n) is 22.2. The van der Waals surface area contributed by atoms with Gasteiger partial charge in [-0.1, -0.05) is 19.9 Å². The number of ether oxygens (including phenoxy) is 5. The van der Waals surface area contributed by atoms with E-state index in [1.165, 1.54) is 0 Å². The van der Waals surface area contributed by atoms with Crippen LogP contribution in [-0.2, 0) is 5.41 Å². The van der Waals surface area contributed by atoms with Crippen molar-refractivity contribution in [1.29, 1.82) is 5.26 Å². The van der Waals surface area contributed by atoms with Gasteiger partial charge in [0.2, 0.25) is 5.75 Å². The summed E-state index contributed by atoms with van der Waals surface area (Å²) in [6, 6.07) is 14.1. The van der Waals surface area contributed by atoms with Gasteiger partial charge < -0.3 is 28.6 Å². The van der Waals surface area contributed by atoms with E-state index in [0.717, 1.165) is 49.4 Å². The average molecular weight is 485 g/mol. The number of hydrogen-bond acceptors (Lipinski definition) is 7. The Hall–Kier alpha value is -3.11. The van der Waals surface area contributed by atoms with Gasteiger partial charge in [0.15, 0.2) is 11.5 Å². The van der Waals surface area contributed by atoms with Gasteiger partial charge in [-0.2, -0.15) is 5.26 Å². The maximum Gasteiger partial charge on any atom is 0.203 e. The molecule has 2 aromatic rings. The maximum atomic E-state index is 10.3. The minimum absolute atomic E-state index is 0.108. The van der Waals surface area contributed by atoms with Crippen molar-refractivity contribution in [2.75, 3.05) is 55.2 Å². The molecule has 0 bridgehead atoms. The van der Waals surface area contributed by atoms with Gasteiger partial charge in [-0.15, -0.1) is 0 Å². The van der Waals surface area contributed by atoms with Crippen LogP contribution in [0.1, 0.15) is 38.7 Å². The summed E-state index contributed by atoms with van der Waals surface area (Å²) in [5.74, 6) is 3.37. The van der Waals surface area contributed by atoms with E-state index in [0.29, 0.717) is 23.9 Å². The van der Waals surface area contributed by atoms with Crippen molar-refractivity contribution in [2.24, 2.45) is 5.92 Å². The number of hydrogen-bond donors (Lipinski definition) is 0. The summed E-state index contributed by atoms with van der Waals surface area (Å²) in [5.41, 5.74) is 0.224. The summed E-state index contributed by atoms with van der Waals surface area (Å²) in [6.07, 6.45) is 2.52. The molecule has 0 amide bonds. The Labute approximate surface area is 210 Å². The molecular formula is C28H40N2O5. The van der Waals surface area contributed by atoms with Crippen molar-refractivity contribution in [3.05, 3.63) is 42.0 Å². The van der Waals surface area contributed by atoms with E-state index in [1.807, 2.05) is 36.4 Å². The highest BCUT2D eigenvalue weighted by molar-refractivity contribution is 5.56. The third-order valence-corrected chi connectivity index (χ3v) is 6.47. The molecule has 0 N–H and O–H groups in total. The van der Waals surface area contributed by atoms with Gasteiger partial charge in [-0.25, -0.2) is 0 Å². The second-order valence-electron chi connectivity index (χ2n) is 8.94. The fourth-order valence-electron chi connectivity index (χ4n) is 4.31. The van der Waals surface area contributed by atoms with Crippen LogP contribution in [0.3, 0.4) is 0 Å². The van der Waals surface area contributed by atoms with Gasteiger partial charge in [0, 0.05) is 12.6 Å². The van der Waals surface area contributed by atoms with Crippen LogP contribution in [0.15, 0.2) is 36.4 Å². The lowest BCUT2D eigenvalue weighted by Crippen LogP contribution is -2.32. The van der Waals surface area contributed by atoms with Crippen LogP contribution < -0.4 is 23.7 Å². The Morgan fingerprint density at radius 2 is 1.51 bits per heavy atom. The standard InChI is InChI=1S/C28H40N2O5/c1-21(2)28(20-29,22-17-25(32-5)27(34-7)26(18-22)33-6)13-9-14-30(3)15-10-16-35-24-12-8-11-23(19-24)31-4/h8,11-12,17-19,21H,9-10,13-16H2,1-7H3. The normalized spacial score (nSPS) is 12.7. The monoisotopic (exact) mass is 484 g/mol. The molecule has 2 rings (SSSR count). The first-order valence-electron chi connectivity index (χ1n) is 12.0. The Balaban J connectivity index is 1.98. The minimum Gasteiger partial charge on any atom is -0.497 e. The summed E-state index contributed by atoms with van der Waals surface area (Å²) >= 11 is 0. The van der Waals surface area contributed by atoms with Crippen molar-refractivity contribution in [2.45, 2.75) is 38.5 Å². The molecule has 7 nitrogen and oxygen atoms in total. The van der Waals surface area contributed by atoms with Crippen molar-refractivity contribution < 1.29 is 23.7 Å². The lowest BCUT2D eigenvalue weighted by atomic mass is 9.69. The van der Waals surface area contributed by atoms with Crippen molar-refractivity contribution in [3.63, 3.8) is 0 Å². The Morgan fingerprint density at radius 3 is 2.06 bits per heavy atom. The fourth-order valence-corrected chi connectivity index (χ4v) is 4.31.